The largest absolute Gasteiger partial charge is 0.507 e. The molecule has 3 aromatic carbocycles. The highest BCUT2D eigenvalue weighted by Gasteiger charge is 2.48. The molecule has 1 fully saturated rings. The van der Waals surface area contributed by atoms with E-state index in [4.69, 9.17) is 14.2 Å². The quantitative estimate of drug-likeness (QED) is 0.212. The summed E-state index contributed by atoms with van der Waals surface area (Å²) in [4.78, 5) is 32.1. The molecule has 0 bridgehead atoms. The molecule has 6 rings (SSSR count). The van der Waals surface area contributed by atoms with Crippen LogP contribution in [0.4, 0.5) is 5.13 Å². The van der Waals surface area contributed by atoms with E-state index in [0.717, 1.165) is 5.56 Å². The number of benzene rings is 3. The Balaban J connectivity index is 1.38. The van der Waals surface area contributed by atoms with Crippen LogP contribution in [0.25, 0.3) is 5.76 Å². The Hall–Kier alpha value is -4.63. The first kappa shape index (κ1) is 23.7. The summed E-state index contributed by atoms with van der Waals surface area (Å²) < 4.78 is 17.1. The highest BCUT2D eigenvalue weighted by atomic mass is 32.1. The number of carbonyl (C=O) groups is 2. The van der Waals surface area contributed by atoms with Gasteiger partial charge in [0.15, 0.2) is 16.6 Å². The molecule has 1 atom stereocenters. The predicted molar refractivity (Wildman–Crippen MR) is 142 cm³/mol. The normalized spacial score (nSPS) is 18.0. The van der Waals surface area contributed by atoms with Gasteiger partial charge in [0.1, 0.15) is 31.3 Å². The Bertz CT molecular complexity index is 1520. The SMILES string of the molecule is O=C1C(=O)N(c2nccs2)C(c2ccc(OCc3ccccc3)cc2)/C1=C(\O)c1ccc2c(c1)OCCO2. The van der Waals surface area contributed by atoms with Crippen LogP contribution in [-0.2, 0) is 16.2 Å². The number of carbonyl (C=O) groups excluding carboxylic acids is 2. The molecule has 9 heteroatoms. The molecule has 1 aromatic heterocycles. The fourth-order valence-electron chi connectivity index (χ4n) is 4.51. The third kappa shape index (κ3) is 4.37. The maximum absolute atomic E-state index is 13.3. The highest BCUT2D eigenvalue weighted by molar-refractivity contribution is 7.14. The average Bonchev–Trinajstić information content (AvgIpc) is 3.58. The number of aliphatic hydroxyl groups excluding tert-OH is 1. The van der Waals surface area contributed by atoms with Crippen LogP contribution < -0.4 is 19.1 Å². The van der Waals surface area contributed by atoms with Crippen LogP contribution >= 0.6 is 11.3 Å². The zero-order valence-corrected chi connectivity index (χ0v) is 20.9. The summed E-state index contributed by atoms with van der Waals surface area (Å²) in [6.45, 7) is 1.22. The smallest absolute Gasteiger partial charge is 0.301 e. The number of fused-ring (bicyclic) bond motifs is 1. The van der Waals surface area contributed by atoms with Crippen molar-refractivity contribution in [1.29, 1.82) is 0 Å². The minimum absolute atomic E-state index is 0.0279. The zero-order chi connectivity index (χ0) is 26.1. The molecular weight excluding hydrogens is 504 g/mol. The second-order valence-electron chi connectivity index (χ2n) is 8.69. The lowest BCUT2D eigenvalue weighted by molar-refractivity contribution is -0.132. The number of ketones is 1. The Morgan fingerprint density at radius 3 is 2.50 bits per heavy atom. The summed E-state index contributed by atoms with van der Waals surface area (Å²) in [7, 11) is 0. The number of rotatable bonds is 6. The monoisotopic (exact) mass is 526 g/mol. The van der Waals surface area contributed by atoms with Gasteiger partial charge in [-0.15, -0.1) is 11.3 Å². The second kappa shape index (κ2) is 10.0. The van der Waals surface area contributed by atoms with Crippen LogP contribution in [0.2, 0.25) is 0 Å². The van der Waals surface area contributed by atoms with Gasteiger partial charge >= 0.3 is 5.91 Å². The van der Waals surface area contributed by atoms with Gasteiger partial charge in [0, 0.05) is 17.1 Å². The first-order chi connectivity index (χ1) is 18.6. The maximum Gasteiger partial charge on any atom is 0.301 e. The van der Waals surface area contributed by atoms with E-state index in [0.29, 0.717) is 53.3 Å². The van der Waals surface area contributed by atoms with E-state index >= 15 is 0 Å². The fourth-order valence-corrected chi connectivity index (χ4v) is 5.18. The molecule has 1 unspecified atom stereocenters. The molecule has 0 radical (unpaired) electrons. The molecule has 1 amide bonds. The Labute approximate surface area is 222 Å². The van der Waals surface area contributed by atoms with Crippen LogP contribution in [-0.4, -0.2) is 35.0 Å². The molecule has 2 aliphatic rings. The number of anilines is 1. The molecular formula is C29H22N2O6S. The van der Waals surface area contributed by atoms with Crippen LogP contribution in [0.15, 0.2) is 89.9 Å². The number of aromatic nitrogens is 1. The molecule has 4 aromatic rings. The van der Waals surface area contributed by atoms with Gasteiger partial charge in [-0.05, 0) is 41.5 Å². The molecule has 8 nitrogen and oxygen atoms in total. The van der Waals surface area contributed by atoms with Crippen molar-refractivity contribution >= 4 is 33.9 Å². The summed E-state index contributed by atoms with van der Waals surface area (Å²) in [6.07, 6.45) is 1.57. The van der Waals surface area contributed by atoms with Gasteiger partial charge in [-0.2, -0.15) is 0 Å². The first-order valence-corrected chi connectivity index (χ1v) is 12.9. The van der Waals surface area contributed by atoms with Gasteiger partial charge in [-0.25, -0.2) is 4.98 Å². The molecule has 1 N–H and O–H groups in total. The summed E-state index contributed by atoms with van der Waals surface area (Å²) in [5.41, 5.74) is 1.98. The summed E-state index contributed by atoms with van der Waals surface area (Å²) in [5.74, 6) is -0.190. The van der Waals surface area contributed by atoms with Crippen molar-refractivity contribution in [2.75, 3.05) is 18.1 Å². The molecule has 0 spiro atoms. The Morgan fingerprint density at radius 2 is 1.76 bits per heavy atom. The number of ether oxygens (including phenoxy) is 3. The van der Waals surface area contributed by atoms with Gasteiger partial charge < -0.3 is 19.3 Å². The Kier molecular flexibility index (Phi) is 6.27. The summed E-state index contributed by atoms with van der Waals surface area (Å²) >= 11 is 1.24. The summed E-state index contributed by atoms with van der Waals surface area (Å²) in [6, 6.07) is 21.0. The van der Waals surface area contributed by atoms with Crippen molar-refractivity contribution in [3.63, 3.8) is 0 Å². The number of nitrogens with zero attached hydrogens (tertiary/aromatic N) is 2. The van der Waals surface area contributed by atoms with Crippen molar-refractivity contribution in [2.24, 2.45) is 0 Å². The molecule has 1 saturated heterocycles. The van der Waals surface area contributed by atoms with E-state index in [2.05, 4.69) is 4.98 Å². The number of amides is 1. The van der Waals surface area contributed by atoms with Crippen LogP contribution in [0.1, 0.15) is 22.7 Å². The third-order valence-electron chi connectivity index (χ3n) is 6.33. The van der Waals surface area contributed by atoms with E-state index in [1.54, 1.807) is 54.0 Å². The lowest BCUT2D eigenvalue weighted by atomic mass is 9.95. The van der Waals surface area contributed by atoms with E-state index in [1.807, 2.05) is 30.3 Å². The van der Waals surface area contributed by atoms with E-state index < -0.39 is 17.7 Å². The van der Waals surface area contributed by atoms with Crippen LogP contribution in [0, 0.1) is 0 Å². The summed E-state index contributed by atoms with van der Waals surface area (Å²) in [5, 5.41) is 13.5. The van der Waals surface area contributed by atoms with Crippen molar-refractivity contribution in [2.45, 2.75) is 12.6 Å². The number of aliphatic hydroxyl groups is 1. The number of hydrogen-bond donors (Lipinski definition) is 1. The zero-order valence-electron chi connectivity index (χ0n) is 20.1. The molecule has 3 heterocycles. The van der Waals surface area contributed by atoms with Gasteiger partial charge in [-0.1, -0.05) is 42.5 Å². The maximum atomic E-state index is 13.3. The number of thiazole rings is 1. The number of hydrogen-bond acceptors (Lipinski definition) is 8. The number of Topliss-reactive ketones (excluding diaryl/α,β-unsaturated/α-hetero) is 1. The fraction of sp³-hybridized carbons (Fsp3) is 0.138. The molecule has 0 saturated carbocycles. The minimum atomic E-state index is -0.877. The third-order valence-corrected chi connectivity index (χ3v) is 7.10. The predicted octanol–water partition coefficient (Wildman–Crippen LogP) is 5.12. The van der Waals surface area contributed by atoms with E-state index in [9.17, 15) is 14.7 Å². The van der Waals surface area contributed by atoms with Crippen molar-refractivity contribution in [3.05, 3.63) is 107 Å². The second-order valence-corrected chi connectivity index (χ2v) is 9.56. The molecule has 0 aliphatic carbocycles. The van der Waals surface area contributed by atoms with Crippen molar-refractivity contribution in [1.82, 2.24) is 4.98 Å². The molecule has 38 heavy (non-hydrogen) atoms. The van der Waals surface area contributed by atoms with E-state index in [-0.39, 0.29) is 11.3 Å². The minimum Gasteiger partial charge on any atom is -0.507 e. The van der Waals surface area contributed by atoms with Gasteiger partial charge in [0.25, 0.3) is 5.78 Å². The van der Waals surface area contributed by atoms with Gasteiger partial charge in [0.2, 0.25) is 0 Å². The lowest BCUT2D eigenvalue weighted by Crippen LogP contribution is -2.29. The molecule has 190 valence electrons. The molecule has 2 aliphatic heterocycles. The van der Waals surface area contributed by atoms with Crippen molar-refractivity contribution < 1.29 is 28.9 Å². The van der Waals surface area contributed by atoms with E-state index in [1.165, 1.54) is 16.2 Å². The standard InChI is InChI=1S/C29H22N2O6S/c32-26(20-8-11-22-23(16-20)36-14-13-35-22)24-25(31(28(34)27(24)33)29-30-12-15-38-29)19-6-9-21(10-7-19)37-17-18-4-2-1-3-5-18/h1-12,15-16,25,32H,13-14,17H2/b26-24+. The highest BCUT2D eigenvalue weighted by Crippen LogP contribution is 2.44. The van der Waals surface area contributed by atoms with Gasteiger partial charge in [-0.3, -0.25) is 14.5 Å². The lowest BCUT2D eigenvalue weighted by Gasteiger charge is -2.23. The van der Waals surface area contributed by atoms with Gasteiger partial charge in [0.05, 0.1) is 11.6 Å². The van der Waals surface area contributed by atoms with Crippen LogP contribution in [0.5, 0.6) is 17.2 Å². The van der Waals surface area contributed by atoms with Crippen LogP contribution in [0.3, 0.4) is 0 Å². The average molecular weight is 527 g/mol. The Morgan fingerprint density at radius 1 is 1.00 bits per heavy atom. The van der Waals surface area contributed by atoms with Crippen molar-refractivity contribution in [3.8, 4) is 17.2 Å². The topological polar surface area (TPSA) is 98.2 Å². The first-order valence-electron chi connectivity index (χ1n) is 12.0.